The molecule has 1 saturated heterocycles. The van der Waals surface area contributed by atoms with Gasteiger partial charge in [0.25, 0.3) is 0 Å². The van der Waals surface area contributed by atoms with Gasteiger partial charge in [-0.15, -0.1) is 0 Å². The summed E-state index contributed by atoms with van der Waals surface area (Å²) in [6.45, 7) is 5.46. The normalized spacial score (nSPS) is 18.6. The van der Waals surface area contributed by atoms with E-state index in [1.807, 2.05) is 71.8 Å². The summed E-state index contributed by atoms with van der Waals surface area (Å²) in [5.74, 6) is 3.87. The third-order valence-electron chi connectivity index (χ3n) is 6.18. The highest BCUT2D eigenvalue weighted by Crippen LogP contribution is 2.35. The second kappa shape index (κ2) is 10.1. The molecule has 0 aliphatic carbocycles. The van der Waals surface area contributed by atoms with Crippen molar-refractivity contribution in [1.29, 1.82) is 0 Å². The van der Waals surface area contributed by atoms with Crippen LogP contribution in [0.25, 0.3) is 0 Å². The Bertz CT molecular complexity index is 1190. The van der Waals surface area contributed by atoms with E-state index in [0.29, 0.717) is 24.7 Å². The van der Waals surface area contributed by atoms with Gasteiger partial charge in [-0.25, -0.2) is 4.68 Å². The van der Waals surface area contributed by atoms with Crippen LogP contribution in [0.2, 0.25) is 0 Å². The Morgan fingerprint density at radius 1 is 1.03 bits per heavy atom. The zero-order valence-electron chi connectivity index (χ0n) is 19.6. The molecule has 3 aromatic rings. The molecule has 2 aliphatic rings. The molecule has 34 heavy (non-hydrogen) atoms. The number of nitrogens with zero attached hydrogens (tertiary/aromatic N) is 4. The van der Waals surface area contributed by atoms with Gasteiger partial charge < -0.3 is 23.5 Å². The van der Waals surface area contributed by atoms with E-state index in [0.717, 1.165) is 54.8 Å². The number of piperidine rings is 1. The third-order valence-corrected chi connectivity index (χ3v) is 6.67. The molecule has 180 valence electrons. The lowest BCUT2D eigenvalue weighted by Gasteiger charge is -2.32. The second-order valence-corrected chi connectivity index (χ2v) is 8.89. The van der Waals surface area contributed by atoms with Crippen molar-refractivity contribution in [1.82, 2.24) is 19.2 Å². The Labute approximate surface area is 204 Å². The number of benzene rings is 2. The van der Waals surface area contributed by atoms with Crippen molar-refractivity contribution in [3.05, 3.63) is 59.1 Å². The zero-order valence-corrected chi connectivity index (χ0v) is 20.4. The van der Waals surface area contributed by atoms with Crippen LogP contribution in [0.5, 0.6) is 23.0 Å². The summed E-state index contributed by atoms with van der Waals surface area (Å²) < 4.78 is 28.4. The SMILES string of the molecule is CCOc1ccccc1OC1CCN(Cn2nc(C3COc4ccccc4O3)n(C)c2=S)CC1. The molecule has 8 nitrogen and oxygen atoms in total. The van der Waals surface area contributed by atoms with Gasteiger partial charge >= 0.3 is 0 Å². The van der Waals surface area contributed by atoms with Crippen molar-refractivity contribution in [2.24, 2.45) is 7.05 Å². The predicted octanol–water partition coefficient (Wildman–Crippen LogP) is 4.36. The molecule has 5 rings (SSSR count). The fourth-order valence-corrected chi connectivity index (χ4v) is 4.58. The van der Waals surface area contributed by atoms with Crippen LogP contribution < -0.4 is 18.9 Å². The Balaban J connectivity index is 1.20. The smallest absolute Gasteiger partial charge is 0.198 e. The predicted molar refractivity (Wildman–Crippen MR) is 130 cm³/mol. The van der Waals surface area contributed by atoms with E-state index >= 15 is 0 Å². The van der Waals surface area contributed by atoms with E-state index in [1.165, 1.54) is 0 Å². The summed E-state index contributed by atoms with van der Waals surface area (Å²) in [6.07, 6.45) is 1.73. The summed E-state index contributed by atoms with van der Waals surface area (Å²) in [5, 5.41) is 4.80. The van der Waals surface area contributed by atoms with Crippen molar-refractivity contribution in [2.45, 2.75) is 38.6 Å². The summed E-state index contributed by atoms with van der Waals surface area (Å²) >= 11 is 5.68. The molecular weight excluding hydrogens is 452 g/mol. The quantitative estimate of drug-likeness (QED) is 0.464. The highest BCUT2D eigenvalue weighted by atomic mass is 32.1. The van der Waals surface area contributed by atoms with Crippen molar-refractivity contribution < 1.29 is 18.9 Å². The van der Waals surface area contributed by atoms with Gasteiger partial charge in [0.15, 0.2) is 39.7 Å². The first-order valence-corrected chi connectivity index (χ1v) is 12.2. The van der Waals surface area contributed by atoms with Crippen LogP contribution in [0.1, 0.15) is 31.7 Å². The minimum absolute atomic E-state index is 0.165. The van der Waals surface area contributed by atoms with Gasteiger partial charge in [0.05, 0.1) is 13.3 Å². The number of fused-ring (bicyclic) bond motifs is 1. The van der Waals surface area contributed by atoms with E-state index < -0.39 is 0 Å². The molecule has 1 fully saturated rings. The Morgan fingerprint density at radius 3 is 2.50 bits per heavy atom. The van der Waals surface area contributed by atoms with Crippen molar-refractivity contribution in [3.63, 3.8) is 0 Å². The summed E-state index contributed by atoms with van der Waals surface area (Å²) in [7, 11) is 1.93. The minimum atomic E-state index is -0.299. The average Bonchev–Trinajstić information content (AvgIpc) is 3.15. The molecule has 2 aliphatic heterocycles. The molecule has 3 heterocycles. The molecule has 0 bridgehead atoms. The molecule has 0 spiro atoms. The molecule has 1 atom stereocenters. The number of hydrogen-bond acceptors (Lipinski definition) is 7. The van der Waals surface area contributed by atoms with Crippen molar-refractivity contribution >= 4 is 12.2 Å². The van der Waals surface area contributed by atoms with Crippen LogP contribution in [0.4, 0.5) is 0 Å². The van der Waals surface area contributed by atoms with E-state index in [-0.39, 0.29) is 12.2 Å². The number of aromatic nitrogens is 3. The summed E-state index contributed by atoms with van der Waals surface area (Å²) in [4.78, 5) is 2.36. The zero-order chi connectivity index (χ0) is 23.5. The monoisotopic (exact) mass is 482 g/mol. The molecule has 1 unspecified atom stereocenters. The van der Waals surface area contributed by atoms with Gasteiger partial charge in [-0.2, -0.15) is 5.10 Å². The van der Waals surface area contributed by atoms with Crippen LogP contribution in [0.15, 0.2) is 48.5 Å². The lowest BCUT2D eigenvalue weighted by molar-refractivity contribution is 0.0744. The molecular formula is C25H30N4O4S. The fraction of sp³-hybridized carbons (Fsp3) is 0.440. The number of hydrogen-bond donors (Lipinski definition) is 0. The van der Waals surface area contributed by atoms with Crippen molar-refractivity contribution in [2.75, 3.05) is 26.3 Å². The number of rotatable bonds is 7. The maximum Gasteiger partial charge on any atom is 0.198 e. The first kappa shape index (κ1) is 22.7. The standard InChI is InChI=1S/C25H30N4O4S/c1-3-30-19-8-4-6-10-21(19)32-18-12-14-28(15-13-18)17-29-25(34)27(2)24(26-29)23-16-31-20-9-5-7-11-22(20)33-23/h4-11,18,23H,3,12-17H2,1-2H3. The number of ether oxygens (including phenoxy) is 4. The first-order chi connectivity index (χ1) is 16.6. The van der Waals surface area contributed by atoms with Gasteiger partial charge in [0, 0.05) is 20.1 Å². The molecule has 2 aromatic carbocycles. The third kappa shape index (κ3) is 4.76. The number of para-hydroxylation sites is 4. The summed E-state index contributed by atoms with van der Waals surface area (Å²) in [5.41, 5.74) is 0. The number of likely N-dealkylation sites (tertiary alicyclic amines) is 1. The summed E-state index contributed by atoms with van der Waals surface area (Å²) in [6, 6.07) is 15.6. The Hall–Kier alpha value is -3.04. The van der Waals surface area contributed by atoms with Gasteiger partial charge in [-0.1, -0.05) is 24.3 Å². The second-order valence-electron chi connectivity index (χ2n) is 8.52. The molecule has 0 radical (unpaired) electrons. The van der Waals surface area contributed by atoms with Gasteiger partial charge in [0.2, 0.25) is 0 Å². The van der Waals surface area contributed by atoms with Gasteiger partial charge in [0.1, 0.15) is 12.7 Å². The van der Waals surface area contributed by atoms with Crippen LogP contribution >= 0.6 is 12.2 Å². The van der Waals surface area contributed by atoms with Crippen LogP contribution in [-0.2, 0) is 13.7 Å². The average molecular weight is 483 g/mol. The Morgan fingerprint density at radius 2 is 1.74 bits per heavy atom. The van der Waals surface area contributed by atoms with Gasteiger partial charge in [-0.05, 0) is 56.2 Å². The molecule has 0 saturated carbocycles. The van der Waals surface area contributed by atoms with Crippen LogP contribution in [0, 0.1) is 4.77 Å². The van der Waals surface area contributed by atoms with Gasteiger partial charge in [-0.3, -0.25) is 4.90 Å². The van der Waals surface area contributed by atoms with E-state index in [4.69, 9.17) is 36.3 Å². The maximum atomic E-state index is 6.26. The topological polar surface area (TPSA) is 62.9 Å². The largest absolute Gasteiger partial charge is 0.490 e. The first-order valence-electron chi connectivity index (χ1n) is 11.8. The van der Waals surface area contributed by atoms with Crippen LogP contribution in [0.3, 0.4) is 0 Å². The van der Waals surface area contributed by atoms with Crippen LogP contribution in [-0.4, -0.2) is 51.7 Å². The van der Waals surface area contributed by atoms with E-state index in [9.17, 15) is 0 Å². The highest BCUT2D eigenvalue weighted by molar-refractivity contribution is 7.71. The minimum Gasteiger partial charge on any atom is -0.490 e. The fourth-order valence-electron chi connectivity index (χ4n) is 4.38. The maximum absolute atomic E-state index is 6.26. The lowest BCUT2D eigenvalue weighted by Crippen LogP contribution is -2.39. The Kier molecular flexibility index (Phi) is 6.73. The van der Waals surface area contributed by atoms with Crippen molar-refractivity contribution in [3.8, 4) is 23.0 Å². The molecule has 9 heteroatoms. The lowest BCUT2D eigenvalue weighted by atomic mass is 10.1. The molecule has 0 N–H and O–H groups in total. The van der Waals surface area contributed by atoms with E-state index in [2.05, 4.69) is 4.90 Å². The van der Waals surface area contributed by atoms with E-state index in [1.54, 1.807) is 0 Å². The molecule has 0 amide bonds. The molecule has 1 aromatic heterocycles. The highest BCUT2D eigenvalue weighted by Gasteiger charge is 2.28.